The van der Waals surface area contributed by atoms with Gasteiger partial charge in [0.2, 0.25) is 0 Å². The number of alkyl halides is 3. The number of halogens is 3. The molecule has 2 aromatic carbocycles. The minimum Gasteiger partial charge on any atom is -0.271 e. The lowest BCUT2D eigenvalue weighted by Crippen LogP contribution is -2.21. The van der Waals surface area contributed by atoms with E-state index in [2.05, 4.69) is 14.7 Å². The van der Waals surface area contributed by atoms with Crippen LogP contribution in [0.2, 0.25) is 0 Å². The summed E-state index contributed by atoms with van der Waals surface area (Å²) in [6, 6.07) is 20.5. The van der Waals surface area contributed by atoms with Crippen LogP contribution in [0, 0.1) is 6.92 Å². The van der Waals surface area contributed by atoms with Gasteiger partial charge < -0.3 is 0 Å². The number of hydrogen-bond acceptors (Lipinski definition) is 4. The molecule has 0 atom stereocenters. The summed E-state index contributed by atoms with van der Waals surface area (Å²) in [5.74, 6) is 0. The molecular weight excluding hydrogens is 465 g/mol. The van der Waals surface area contributed by atoms with E-state index in [0.29, 0.717) is 45.2 Å². The molecule has 0 bridgehead atoms. The topological polar surface area (TPSA) is 98.0 Å². The van der Waals surface area contributed by atoms with Crippen LogP contribution in [0.4, 0.5) is 18.9 Å². The molecule has 4 aromatic rings. The average Bonchev–Trinajstić information content (AvgIpc) is 2.77. The molecule has 0 saturated carbocycles. The van der Waals surface area contributed by atoms with Crippen LogP contribution in [-0.2, 0) is 16.4 Å². The van der Waals surface area contributed by atoms with Crippen molar-refractivity contribution in [1.29, 1.82) is 0 Å². The molecule has 0 radical (unpaired) electrons. The first kappa shape index (κ1) is 23.4. The maximum Gasteiger partial charge on any atom is 0.416 e. The van der Waals surface area contributed by atoms with Crippen molar-refractivity contribution < 1.29 is 21.6 Å². The Bertz CT molecular complexity index is 1450. The van der Waals surface area contributed by atoms with Crippen LogP contribution in [-0.4, -0.2) is 18.4 Å². The third-order valence-corrected chi connectivity index (χ3v) is 5.45. The first-order valence-corrected chi connectivity index (χ1v) is 11.6. The summed E-state index contributed by atoms with van der Waals surface area (Å²) >= 11 is 0. The van der Waals surface area contributed by atoms with Gasteiger partial charge in [-0.3, -0.25) is 9.71 Å². The van der Waals surface area contributed by atoms with E-state index in [1.807, 2.05) is 0 Å². The maximum absolute atomic E-state index is 12.9. The van der Waals surface area contributed by atoms with Gasteiger partial charge in [0.15, 0.2) is 0 Å². The van der Waals surface area contributed by atoms with Crippen LogP contribution in [0.15, 0.2) is 78.9 Å². The molecule has 34 heavy (non-hydrogen) atoms. The lowest BCUT2D eigenvalue weighted by molar-refractivity contribution is -0.137. The lowest BCUT2D eigenvalue weighted by Gasteiger charge is -2.11. The molecule has 10 heteroatoms. The summed E-state index contributed by atoms with van der Waals surface area (Å²) in [5, 5.41) is 5.04. The highest BCUT2D eigenvalue weighted by atomic mass is 32.2. The van der Waals surface area contributed by atoms with Gasteiger partial charge in [-0.25, -0.2) is 10.1 Å². The summed E-state index contributed by atoms with van der Waals surface area (Å²) < 4.78 is 63.6. The van der Waals surface area contributed by atoms with Gasteiger partial charge in [-0.1, -0.05) is 30.3 Å². The number of benzene rings is 2. The average molecular weight is 485 g/mol. The van der Waals surface area contributed by atoms with Crippen LogP contribution < -0.4 is 9.86 Å². The summed E-state index contributed by atoms with van der Waals surface area (Å²) in [6.45, 7) is 1.79. The molecule has 0 amide bonds. The van der Waals surface area contributed by atoms with Crippen molar-refractivity contribution in [1.82, 2.24) is 9.97 Å². The van der Waals surface area contributed by atoms with Crippen molar-refractivity contribution in [2.24, 2.45) is 5.14 Å². The molecule has 0 aliphatic carbocycles. The largest absolute Gasteiger partial charge is 0.416 e. The fraction of sp³-hybridized carbons (Fsp3) is 0.0833. The summed E-state index contributed by atoms with van der Waals surface area (Å²) in [4.78, 5) is 9.19. The van der Waals surface area contributed by atoms with Crippen molar-refractivity contribution in [3.05, 3.63) is 90.1 Å². The maximum atomic E-state index is 12.9. The van der Waals surface area contributed by atoms with Crippen molar-refractivity contribution >= 4 is 15.9 Å². The molecule has 0 aliphatic rings. The Labute approximate surface area is 194 Å². The highest BCUT2D eigenvalue weighted by molar-refractivity contribution is 7.90. The Hall–Kier alpha value is -3.76. The Morgan fingerprint density at radius 3 is 2.12 bits per heavy atom. The summed E-state index contributed by atoms with van der Waals surface area (Å²) in [5.41, 5.74) is 3.94. The van der Waals surface area contributed by atoms with Crippen molar-refractivity contribution in [2.75, 3.05) is 4.72 Å². The summed E-state index contributed by atoms with van der Waals surface area (Å²) in [7, 11) is -3.92. The molecule has 0 fully saturated rings. The van der Waals surface area contributed by atoms with Crippen molar-refractivity contribution in [2.45, 2.75) is 13.1 Å². The van der Waals surface area contributed by atoms with Crippen molar-refractivity contribution in [3.8, 4) is 33.8 Å². The van der Waals surface area contributed by atoms with Gasteiger partial charge in [0.05, 0.1) is 28.3 Å². The van der Waals surface area contributed by atoms with Gasteiger partial charge in [-0.2, -0.15) is 21.6 Å². The molecule has 0 aliphatic heterocycles. The van der Waals surface area contributed by atoms with E-state index in [1.165, 1.54) is 12.1 Å². The van der Waals surface area contributed by atoms with Crippen molar-refractivity contribution in [3.63, 3.8) is 0 Å². The number of nitrogens with zero attached hydrogens (tertiary/aromatic N) is 2. The zero-order chi connectivity index (χ0) is 24.5. The molecular formula is C24H19F3N4O2S. The molecule has 0 spiro atoms. The van der Waals surface area contributed by atoms with Crippen LogP contribution in [0.1, 0.15) is 11.3 Å². The molecule has 4 rings (SSSR count). The SMILES string of the molecule is Cc1cc(-c2ccc(C(F)(F)F)cc2)cc(-c2cccc(-c3cccc(NS(N)(=O)=O)c3)n2)n1. The smallest absolute Gasteiger partial charge is 0.271 e. The highest BCUT2D eigenvalue weighted by Crippen LogP contribution is 2.32. The fourth-order valence-electron chi connectivity index (χ4n) is 3.46. The van der Waals surface area contributed by atoms with Gasteiger partial charge in [-0.15, -0.1) is 0 Å². The first-order chi connectivity index (χ1) is 16.0. The third-order valence-electron chi connectivity index (χ3n) is 4.93. The van der Waals surface area contributed by atoms with E-state index in [1.54, 1.807) is 61.5 Å². The monoisotopic (exact) mass is 484 g/mol. The van der Waals surface area contributed by atoms with E-state index in [-0.39, 0.29) is 0 Å². The van der Waals surface area contributed by atoms with Gasteiger partial charge in [0.1, 0.15) is 0 Å². The minimum atomic E-state index is -4.40. The van der Waals surface area contributed by atoms with Crippen LogP contribution in [0.3, 0.4) is 0 Å². The molecule has 0 unspecified atom stereocenters. The Morgan fingerprint density at radius 1 is 0.765 bits per heavy atom. The van der Waals surface area contributed by atoms with E-state index < -0.39 is 21.9 Å². The second-order valence-electron chi connectivity index (χ2n) is 7.59. The number of anilines is 1. The number of nitrogens with one attached hydrogen (secondary N) is 1. The summed E-state index contributed by atoms with van der Waals surface area (Å²) in [6.07, 6.45) is -4.40. The zero-order valence-corrected chi connectivity index (χ0v) is 18.7. The quantitative estimate of drug-likeness (QED) is 0.395. The first-order valence-electron chi connectivity index (χ1n) is 10.0. The van der Waals surface area contributed by atoms with Crippen LogP contribution in [0.5, 0.6) is 0 Å². The normalized spacial score (nSPS) is 11.9. The Morgan fingerprint density at radius 2 is 1.44 bits per heavy atom. The molecule has 3 N–H and O–H groups in total. The van der Waals surface area contributed by atoms with E-state index in [9.17, 15) is 21.6 Å². The third kappa shape index (κ3) is 5.59. The second-order valence-corrected chi connectivity index (χ2v) is 8.89. The Kier molecular flexibility index (Phi) is 6.11. The fourth-order valence-corrected chi connectivity index (χ4v) is 3.92. The van der Waals surface area contributed by atoms with E-state index >= 15 is 0 Å². The number of aryl methyl sites for hydroxylation is 1. The molecule has 2 heterocycles. The highest BCUT2D eigenvalue weighted by Gasteiger charge is 2.30. The molecule has 0 saturated heterocycles. The number of pyridine rings is 2. The van der Waals surface area contributed by atoms with Gasteiger partial charge in [0.25, 0.3) is 10.2 Å². The van der Waals surface area contributed by atoms with Crippen LogP contribution >= 0.6 is 0 Å². The van der Waals surface area contributed by atoms with Gasteiger partial charge >= 0.3 is 6.18 Å². The van der Waals surface area contributed by atoms with Gasteiger partial charge in [-0.05, 0) is 66.6 Å². The number of rotatable bonds is 5. The second kappa shape index (κ2) is 8.88. The molecule has 174 valence electrons. The predicted molar refractivity (Wildman–Crippen MR) is 125 cm³/mol. The minimum absolute atomic E-state index is 0.297. The standard InChI is InChI=1S/C24H19F3N4O2S/c1-15-12-18(16-8-10-19(11-9-16)24(25,26)27)14-23(29-15)22-7-3-6-21(30-22)17-4-2-5-20(13-17)31-34(28,32)33/h2-14,31H,1H3,(H2,28,32,33). The number of aromatic nitrogens is 2. The molecule has 2 aromatic heterocycles. The zero-order valence-electron chi connectivity index (χ0n) is 17.8. The molecule has 6 nitrogen and oxygen atoms in total. The number of nitrogens with two attached hydrogens (primary N) is 1. The Balaban J connectivity index is 1.70. The predicted octanol–water partition coefficient (Wildman–Crippen LogP) is 5.42. The lowest BCUT2D eigenvalue weighted by atomic mass is 10.0. The van der Waals surface area contributed by atoms with E-state index in [4.69, 9.17) is 5.14 Å². The van der Waals surface area contributed by atoms with E-state index in [0.717, 1.165) is 12.1 Å². The number of hydrogen-bond donors (Lipinski definition) is 2. The van der Waals surface area contributed by atoms with Gasteiger partial charge in [0, 0.05) is 11.3 Å². The van der Waals surface area contributed by atoms with Crippen LogP contribution in [0.25, 0.3) is 33.8 Å².